The van der Waals surface area contributed by atoms with Gasteiger partial charge in [0.15, 0.2) is 0 Å². The van der Waals surface area contributed by atoms with Gasteiger partial charge in [0.05, 0.1) is 50.6 Å². The number of aromatic nitrogens is 4. The van der Waals surface area contributed by atoms with Crippen molar-refractivity contribution < 1.29 is 62.0 Å². The molecule has 4 aromatic heterocycles. The Hall–Kier alpha value is -8.16. The van der Waals surface area contributed by atoms with Crippen LogP contribution in [0.3, 0.4) is 0 Å². The van der Waals surface area contributed by atoms with E-state index in [0.717, 1.165) is 45.6 Å². The molecule has 6 N–H and O–H groups in total. The van der Waals surface area contributed by atoms with Crippen molar-refractivity contribution in [1.82, 2.24) is 30.6 Å². The zero-order chi connectivity index (χ0) is 66.7. The minimum absolute atomic E-state index is 0. The zero-order valence-corrected chi connectivity index (χ0v) is 57.2. The van der Waals surface area contributed by atoms with E-state index in [1.165, 1.54) is 61.6 Å². The second-order valence-electron chi connectivity index (χ2n) is 20.7. The maximum absolute atomic E-state index is 13.4. The van der Waals surface area contributed by atoms with E-state index in [4.69, 9.17) is 51.2 Å². The Kier molecular flexibility index (Phi) is 28.4. The maximum atomic E-state index is 13.4. The van der Waals surface area contributed by atoms with E-state index in [9.17, 15) is 34.0 Å². The summed E-state index contributed by atoms with van der Waals surface area (Å²) in [6, 6.07) is 47.9. The normalized spacial score (nSPS) is 11.1. The second-order valence-corrected chi connectivity index (χ2v) is 27.5. The summed E-state index contributed by atoms with van der Waals surface area (Å²) in [6.45, 7) is 3.75. The summed E-state index contributed by atoms with van der Waals surface area (Å²) in [5, 5.41) is 22.1. The third-order valence-electron chi connectivity index (χ3n) is 13.3. The molecule has 502 valence electrons. The Labute approximate surface area is 577 Å². The van der Waals surface area contributed by atoms with Crippen molar-refractivity contribution in [3.8, 4) is 34.1 Å². The average Bonchev–Trinajstić information content (AvgIpc) is 1.74. The maximum Gasteiger partial charge on any atom is 0.294 e. The summed E-state index contributed by atoms with van der Waals surface area (Å²) in [7, 11) is -9.06. The first-order valence-electron chi connectivity index (χ1n) is 28.3. The van der Waals surface area contributed by atoms with E-state index in [2.05, 4.69) is 41.2 Å². The fourth-order valence-corrected chi connectivity index (χ4v) is 10.7. The van der Waals surface area contributed by atoms with Crippen LogP contribution in [0.25, 0.3) is 44.5 Å². The Balaban J connectivity index is 0.000000249. The molecule has 20 nitrogen and oxygen atoms in total. The number of nitrogens with one attached hydrogen (secondary N) is 4. The number of hydrogen-bond acceptors (Lipinski definition) is 19. The molecule has 0 aliphatic rings. The van der Waals surface area contributed by atoms with Crippen LogP contribution in [0.15, 0.2) is 196 Å². The molecule has 95 heavy (non-hydrogen) atoms. The molecular formula is C67H69Cl2F2IN8O12S3. The highest BCUT2D eigenvalue weighted by Crippen LogP contribution is 2.35. The van der Waals surface area contributed by atoms with Gasteiger partial charge in [-0.15, -0.1) is 24.0 Å². The van der Waals surface area contributed by atoms with E-state index in [-0.39, 0.29) is 72.7 Å². The first-order chi connectivity index (χ1) is 44.5. The molecule has 0 spiro atoms. The van der Waals surface area contributed by atoms with E-state index in [0.29, 0.717) is 105 Å². The highest BCUT2D eigenvalue weighted by atomic mass is 127. The van der Waals surface area contributed by atoms with Crippen LogP contribution in [0.5, 0.6) is 11.5 Å². The smallest absolute Gasteiger partial charge is 0.294 e. The average molecular weight is 1510 g/mol. The number of halogens is 5. The van der Waals surface area contributed by atoms with Crippen molar-refractivity contribution in [3.05, 3.63) is 232 Å². The zero-order valence-electron chi connectivity index (χ0n) is 50.9. The largest absolute Gasteiger partial charge is 0.487 e. The molecule has 0 aliphatic heterocycles. The van der Waals surface area contributed by atoms with Crippen LogP contribution in [-0.4, -0.2) is 99.1 Å². The lowest BCUT2D eigenvalue weighted by molar-refractivity contribution is 0.306. The van der Waals surface area contributed by atoms with Crippen LogP contribution >= 0.6 is 47.2 Å². The van der Waals surface area contributed by atoms with Gasteiger partial charge in [-0.3, -0.25) is 4.55 Å². The first kappa shape index (κ1) is 75.9. The highest BCUT2D eigenvalue weighted by molar-refractivity contribution is 14.0. The predicted molar refractivity (Wildman–Crippen MR) is 380 cm³/mol. The predicted octanol–water partition coefficient (Wildman–Crippen LogP) is 14.4. The number of aliphatic hydroxyl groups is 1. The summed E-state index contributed by atoms with van der Waals surface area (Å²) < 4.78 is 125. The number of fused-ring (bicyclic) bond motifs is 2. The van der Waals surface area contributed by atoms with E-state index in [1.54, 1.807) is 60.7 Å². The van der Waals surface area contributed by atoms with Crippen molar-refractivity contribution >= 4 is 122 Å². The summed E-state index contributed by atoms with van der Waals surface area (Å²) in [5.74, 6) is 4.35. The standard InChI is InChI=1S/2C29H26ClFN4O4S.C7H8O3S.CH4O.CH4.HI/c2*1-40(36,37)12-11-32-16-23-7-10-27(39-23)20-5-8-26-24(14-20)29(34-18-33-26)35-22-6-9-28(25(30)15-22)38-17-19-3-2-4-21(31)13-19;1-6-2-4-7(5-3-6)11(8,9)10;1-2;;/h2*2-10,13-15,18,32H,11-12,16-17H2,1H3,(H,33,34,35);2-5H,1H3,(H,8,9,10);2H,1H3;1H4;1H. The van der Waals surface area contributed by atoms with Gasteiger partial charge in [0.1, 0.15) is 103 Å². The quantitative estimate of drug-likeness (QED) is 0.0197. The summed E-state index contributed by atoms with van der Waals surface area (Å²) in [4.78, 5) is 17.5. The molecule has 11 aromatic rings. The molecule has 0 atom stereocenters. The van der Waals surface area contributed by atoms with Crippen molar-refractivity contribution in [1.29, 1.82) is 0 Å². The van der Waals surface area contributed by atoms with Gasteiger partial charge in [0, 0.05) is 66.0 Å². The molecule has 0 fully saturated rings. The number of benzene rings is 7. The van der Waals surface area contributed by atoms with Crippen molar-refractivity contribution in [3.63, 3.8) is 0 Å². The topological polar surface area (TPSA) is 287 Å². The van der Waals surface area contributed by atoms with Gasteiger partial charge < -0.3 is 44.7 Å². The van der Waals surface area contributed by atoms with E-state index in [1.807, 2.05) is 79.7 Å². The number of aliphatic hydroxyl groups excluding tert-OH is 1. The number of hydrogen-bond donors (Lipinski definition) is 6. The van der Waals surface area contributed by atoms with Crippen molar-refractivity contribution in [2.45, 2.75) is 45.5 Å². The fourth-order valence-electron chi connectivity index (χ4n) is 8.76. The fraction of sp³-hybridized carbons (Fsp3) is 0.194. The SMILES string of the molecule is C.CO.CS(=O)(=O)CCNCc1ccc(-c2ccc3ncnc(Nc4ccc(OCc5cccc(F)c5)c(Cl)c4)c3c2)o1.CS(=O)(=O)CCNCc1ccc(-c2ccc3ncnc(Nc4ccc(OCc5cccc(F)c5)c(Cl)c4)c3c2)o1.Cc1ccc(S(=O)(=O)O)cc1.I. The number of furan rings is 2. The van der Waals surface area contributed by atoms with E-state index >= 15 is 0 Å². The Morgan fingerprint density at radius 1 is 0.526 bits per heavy atom. The number of rotatable bonds is 23. The number of nitrogens with zero attached hydrogens (tertiary/aromatic N) is 4. The van der Waals surface area contributed by atoms with Gasteiger partial charge in [0.25, 0.3) is 10.1 Å². The molecule has 0 saturated carbocycles. The Bertz CT molecular complexity index is 4450. The number of aryl methyl sites for hydroxylation is 1. The van der Waals surface area contributed by atoms with Crippen molar-refractivity contribution in [2.24, 2.45) is 0 Å². The van der Waals surface area contributed by atoms with Crippen molar-refractivity contribution in [2.75, 3.05) is 54.9 Å². The number of sulfone groups is 2. The monoisotopic (exact) mass is 1510 g/mol. The van der Waals surface area contributed by atoms with Crippen LogP contribution < -0.4 is 30.7 Å². The van der Waals surface area contributed by atoms with E-state index < -0.39 is 29.8 Å². The highest BCUT2D eigenvalue weighted by Gasteiger charge is 2.15. The molecule has 11 rings (SSSR count). The first-order valence-corrected chi connectivity index (χ1v) is 34.6. The molecule has 0 bridgehead atoms. The van der Waals surface area contributed by atoms with Gasteiger partial charge >= 0.3 is 0 Å². The molecule has 28 heteroatoms. The number of ether oxygens (including phenoxy) is 2. The molecule has 0 aliphatic carbocycles. The van der Waals surface area contributed by atoms with Crippen LogP contribution in [0.1, 0.15) is 35.6 Å². The second kappa shape index (κ2) is 35.5. The molecular weight excluding hydrogens is 1440 g/mol. The molecule has 4 heterocycles. The van der Waals surface area contributed by atoms with Crippen LogP contribution in [0, 0.1) is 18.6 Å². The third-order valence-corrected chi connectivity index (χ3v) is 16.7. The van der Waals surface area contributed by atoms with Crippen LogP contribution in [0.4, 0.5) is 31.8 Å². The van der Waals surface area contributed by atoms with Gasteiger partial charge in [-0.25, -0.2) is 45.6 Å². The van der Waals surface area contributed by atoms with Gasteiger partial charge in [-0.05, 0) is 152 Å². The van der Waals surface area contributed by atoms with Crippen LogP contribution in [0.2, 0.25) is 10.0 Å². The van der Waals surface area contributed by atoms with Gasteiger partial charge in [-0.2, -0.15) is 8.42 Å². The molecule has 0 radical (unpaired) electrons. The lowest BCUT2D eigenvalue weighted by atomic mass is 10.1. The third kappa shape index (κ3) is 23.6. The molecule has 0 unspecified atom stereocenters. The minimum atomic E-state index is -4.02. The van der Waals surface area contributed by atoms with Gasteiger partial charge in [0.2, 0.25) is 0 Å². The Morgan fingerprint density at radius 3 is 1.33 bits per heavy atom. The Morgan fingerprint density at radius 2 is 0.947 bits per heavy atom. The lowest BCUT2D eigenvalue weighted by Crippen LogP contribution is -2.21. The summed E-state index contributed by atoms with van der Waals surface area (Å²) in [5.41, 5.74) is 6.94. The van der Waals surface area contributed by atoms with Crippen LogP contribution in [-0.2, 0) is 56.1 Å². The molecule has 7 aromatic carbocycles. The molecule has 0 saturated heterocycles. The summed E-state index contributed by atoms with van der Waals surface area (Å²) >= 11 is 12.9. The number of anilines is 4. The molecule has 0 amide bonds. The minimum Gasteiger partial charge on any atom is -0.487 e. The summed E-state index contributed by atoms with van der Waals surface area (Å²) in [6.07, 6.45) is 5.38. The lowest BCUT2D eigenvalue weighted by Gasteiger charge is -2.12. The van der Waals surface area contributed by atoms with Gasteiger partial charge in [-0.1, -0.05) is 72.6 Å².